The Morgan fingerprint density at radius 1 is 0.867 bits per heavy atom. The fourth-order valence-electron chi connectivity index (χ4n) is 10.3. The van der Waals surface area contributed by atoms with Gasteiger partial charge in [0, 0.05) is 62.0 Å². The number of carbonyl (C=O) groups is 5. The Morgan fingerprint density at radius 2 is 1.62 bits per heavy atom. The maximum atomic E-state index is 14.9. The topological polar surface area (TPSA) is 168 Å². The third kappa shape index (κ3) is 8.28. The van der Waals surface area contributed by atoms with E-state index in [4.69, 9.17) is 0 Å². The molecule has 1 aromatic heterocycles. The van der Waals surface area contributed by atoms with Gasteiger partial charge in [0.1, 0.15) is 23.1 Å². The van der Waals surface area contributed by atoms with Crippen LogP contribution in [0.1, 0.15) is 104 Å². The number of rotatable bonds is 10. The van der Waals surface area contributed by atoms with Crippen molar-refractivity contribution in [3.63, 3.8) is 0 Å². The van der Waals surface area contributed by atoms with Crippen molar-refractivity contribution in [2.24, 2.45) is 11.8 Å². The van der Waals surface area contributed by atoms with E-state index in [9.17, 15) is 33.2 Å². The molecule has 60 heavy (non-hydrogen) atoms. The van der Waals surface area contributed by atoms with Gasteiger partial charge in [-0.15, -0.1) is 0 Å². The SMILES string of the molecule is O=C1CCC(N2C(=O)c3cccc(N4CCC(CN5CCC(C(=O)N6CCC(SCc7nc8cc(NC9CCCC9)cc(F)c8c(=O)[nH]7)CC6)CC5)CC4)c3C2=O)C(=O)N1. The Balaban J connectivity index is 0.710. The van der Waals surface area contributed by atoms with Crippen LogP contribution in [0.25, 0.3) is 10.9 Å². The number of aromatic amines is 1. The molecule has 9 rings (SSSR count). The van der Waals surface area contributed by atoms with Crippen LogP contribution >= 0.6 is 11.8 Å². The maximum Gasteiger partial charge on any atom is 0.264 e. The second-order valence-electron chi connectivity index (χ2n) is 17.5. The Morgan fingerprint density at radius 3 is 2.35 bits per heavy atom. The Hall–Kier alpha value is -4.83. The molecule has 2 aromatic carbocycles. The number of thioether (sulfide) groups is 1. The lowest BCUT2D eigenvalue weighted by molar-refractivity contribution is -0.138. The van der Waals surface area contributed by atoms with Crippen molar-refractivity contribution in [1.29, 1.82) is 0 Å². The van der Waals surface area contributed by atoms with Gasteiger partial charge in [-0.25, -0.2) is 9.37 Å². The maximum absolute atomic E-state index is 14.9. The number of hydrogen-bond donors (Lipinski definition) is 3. The molecule has 3 N–H and O–H groups in total. The number of halogens is 1. The highest BCUT2D eigenvalue weighted by Gasteiger charge is 2.46. The van der Waals surface area contributed by atoms with Crippen LogP contribution in [0.4, 0.5) is 15.8 Å². The minimum absolute atomic E-state index is 0.00535. The van der Waals surface area contributed by atoms with Crippen molar-refractivity contribution in [3.05, 3.63) is 63.5 Å². The summed E-state index contributed by atoms with van der Waals surface area (Å²) >= 11 is 1.74. The number of imide groups is 2. The van der Waals surface area contributed by atoms with Gasteiger partial charge in [-0.05, 0) is 101 Å². The lowest BCUT2D eigenvalue weighted by atomic mass is 9.91. The van der Waals surface area contributed by atoms with Crippen molar-refractivity contribution in [2.75, 3.05) is 56.0 Å². The number of nitrogens with zero attached hydrogens (tertiary/aromatic N) is 5. The summed E-state index contributed by atoms with van der Waals surface area (Å²) in [5.74, 6) is -0.689. The van der Waals surface area contributed by atoms with Crippen molar-refractivity contribution < 1.29 is 28.4 Å². The lowest BCUT2D eigenvalue weighted by Gasteiger charge is -2.40. The molecule has 3 aromatic rings. The Kier molecular flexibility index (Phi) is 11.7. The molecular formula is C44H53FN8O6S. The fraction of sp³-hybridized carbons (Fsp3) is 0.568. The van der Waals surface area contributed by atoms with Crippen LogP contribution in [-0.2, 0) is 20.1 Å². The van der Waals surface area contributed by atoms with Crippen molar-refractivity contribution in [3.8, 4) is 0 Å². The molecule has 1 saturated carbocycles. The van der Waals surface area contributed by atoms with E-state index < -0.39 is 41.0 Å². The molecule has 318 valence electrons. The van der Waals surface area contributed by atoms with Crippen LogP contribution in [0.3, 0.4) is 0 Å². The number of amides is 5. The van der Waals surface area contributed by atoms with E-state index in [1.165, 1.54) is 18.9 Å². The summed E-state index contributed by atoms with van der Waals surface area (Å²) in [6.07, 6.45) is 10.0. The molecule has 1 unspecified atom stereocenters. The molecule has 6 heterocycles. The fourth-order valence-corrected chi connectivity index (χ4v) is 11.3. The van der Waals surface area contributed by atoms with E-state index in [1.807, 2.05) is 11.0 Å². The van der Waals surface area contributed by atoms with Crippen LogP contribution < -0.4 is 21.1 Å². The van der Waals surface area contributed by atoms with Gasteiger partial charge in [0.25, 0.3) is 17.4 Å². The summed E-state index contributed by atoms with van der Waals surface area (Å²) < 4.78 is 14.9. The van der Waals surface area contributed by atoms with Gasteiger partial charge >= 0.3 is 0 Å². The molecule has 5 aliphatic heterocycles. The first-order valence-corrected chi connectivity index (χ1v) is 22.9. The van der Waals surface area contributed by atoms with Gasteiger partial charge in [0.05, 0.1) is 28.1 Å². The monoisotopic (exact) mass is 840 g/mol. The minimum atomic E-state index is -0.988. The average molecular weight is 841 g/mol. The van der Waals surface area contributed by atoms with Gasteiger partial charge in [-0.2, -0.15) is 11.8 Å². The van der Waals surface area contributed by atoms with Crippen LogP contribution in [0, 0.1) is 17.7 Å². The van der Waals surface area contributed by atoms with Crippen molar-refractivity contribution >= 4 is 63.6 Å². The molecular weight excluding hydrogens is 788 g/mol. The number of H-pyrrole nitrogens is 1. The molecule has 0 bridgehead atoms. The van der Waals surface area contributed by atoms with Gasteiger partial charge in [0.2, 0.25) is 17.7 Å². The first-order valence-electron chi connectivity index (χ1n) is 21.8. The molecule has 0 radical (unpaired) electrons. The number of hydrogen-bond acceptors (Lipinski definition) is 11. The summed E-state index contributed by atoms with van der Waals surface area (Å²) in [7, 11) is 0. The van der Waals surface area contributed by atoms with E-state index in [-0.39, 0.29) is 30.1 Å². The standard InChI is InChI=1S/C44H53FN8O6S/c45-32-22-29(46-28-4-1-2-5-28)23-33-39(32)41(56)48-36(47-33)25-60-30-14-20-52(21-15-30)42(57)27-12-16-50(17-13-27)24-26-10-18-51(19-11-26)34-7-3-6-31-38(34)44(59)53(43(31)58)35-8-9-37(54)49-40(35)55/h3,6-7,22-23,26-28,30,35,46H,1-2,4-5,8-21,24-25H2,(H,47,48,56)(H,49,54,55). The first-order chi connectivity index (χ1) is 29.1. The van der Waals surface area contributed by atoms with Gasteiger partial charge in [-0.1, -0.05) is 18.9 Å². The Bertz CT molecular complexity index is 2240. The van der Waals surface area contributed by atoms with Crippen molar-refractivity contribution in [1.82, 2.24) is 30.0 Å². The second-order valence-corrected chi connectivity index (χ2v) is 18.8. The molecule has 5 fully saturated rings. The zero-order chi connectivity index (χ0) is 41.5. The zero-order valence-corrected chi connectivity index (χ0v) is 34.7. The van der Waals surface area contributed by atoms with Crippen LogP contribution in [-0.4, -0.2) is 117 Å². The predicted molar refractivity (Wildman–Crippen MR) is 226 cm³/mol. The quantitative estimate of drug-likeness (QED) is 0.243. The number of anilines is 2. The smallest absolute Gasteiger partial charge is 0.264 e. The highest BCUT2D eigenvalue weighted by molar-refractivity contribution is 7.99. The average Bonchev–Trinajstić information content (AvgIpc) is 3.85. The van der Waals surface area contributed by atoms with E-state index in [2.05, 4.69) is 30.4 Å². The van der Waals surface area contributed by atoms with E-state index >= 15 is 0 Å². The molecule has 1 atom stereocenters. The number of carbonyl (C=O) groups excluding carboxylic acids is 5. The Labute approximate surface area is 352 Å². The van der Waals surface area contributed by atoms with Gasteiger partial charge in [-0.3, -0.25) is 39.0 Å². The predicted octanol–water partition coefficient (Wildman–Crippen LogP) is 4.67. The molecule has 4 saturated heterocycles. The molecule has 6 aliphatic rings. The molecule has 16 heteroatoms. The molecule has 5 amide bonds. The first kappa shape index (κ1) is 40.6. The molecule has 1 aliphatic carbocycles. The largest absolute Gasteiger partial charge is 0.382 e. The van der Waals surface area contributed by atoms with E-state index in [0.717, 1.165) is 108 Å². The summed E-state index contributed by atoms with van der Waals surface area (Å²) in [4.78, 5) is 92.9. The second kappa shape index (κ2) is 17.3. The highest BCUT2D eigenvalue weighted by atomic mass is 32.2. The number of aromatic nitrogens is 2. The summed E-state index contributed by atoms with van der Waals surface area (Å²) in [6.45, 7) is 5.69. The zero-order valence-electron chi connectivity index (χ0n) is 33.9. The van der Waals surface area contributed by atoms with Gasteiger partial charge in [0.15, 0.2) is 0 Å². The number of fused-ring (bicyclic) bond motifs is 2. The minimum Gasteiger partial charge on any atom is -0.382 e. The molecule has 14 nitrogen and oxygen atoms in total. The summed E-state index contributed by atoms with van der Waals surface area (Å²) in [5.41, 5.74) is 1.95. The number of nitrogens with one attached hydrogen (secondary N) is 3. The van der Waals surface area contributed by atoms with Crippen molar-refractivity contribution in [2.45, 2.75) is 100 Å². The third-order valence-corrected chi connectivity index (χ3v) is 15.0. The number of benzene rings is 2. The number of piperidine rings is 4. The van der Waals surface area contributed by atoms with Crippen LogP contribution in [0.5, 0.6) is 0 Å². The number of likely N-dealkylation sites (tertiary alicyclic amines) is 2. The summed E-state index contributed by atoms with van der Waals surface area (Å²) in [6, 6.07) is 7.82. The normalized spacial score (nSPS) is 22.9. The van der Waals surface area contributed by atoms with E-state index in [0.29, 0.717) is 51.1 Å². The van der Waals surface area contributed by atoms with Gasteiger partial charge < -0.3 is 25.0 Å². The van der Waals surface area contributed by atoms with Crippen LogP contribution in [0.2, 0.25) is 0 Å². The van der Waals surface area contributed by atoms with Crippen LogP contribution in [0.15, 0.2) is 35.1 Å². The highest BCUT2D eigenvalue weighted by Crippen LogP contribution is 2.37. The summed E-state index contributed by atoms with van der Waals surface area (Å²) in [5, 5.41) is 6.01. The van der Waals surface area contributed by atoms with E-state index in [1.54, 1.807) is 30.0 Å². The molecule has 0 spiro atoms. The lowest BCUT2D eigenvalue weighted by Crippen LogP contribution is -2.54. The third-order valence-electron chi connectivity index (χ3n) is 13.6.